The summed E-state index contributed by atoms with van der Waals surface area (Å²) >= 11 is 0. The number of nitrogens with one attached hydrogen (secondary N) is 1. The predicted octanol–water partition coefficient (Wildman–Crippen LogP) is 10.4. The second-order valence-corrected chi connectivity index (χ2v) is 11.3. The molecule has 0 bridgehead atoms. The summed E-state index contributed by atoms with van der Waals surface area (Å²) < 4.78 is 0. The number of allylic oxidation sites excluding steroid dienone is 2. The van der Waals surface area contributed by atoms with Gasteiger partial charge < -0.3 is 5.32 Å². The van der Waals surface area contributed by atoms with E-state index in [9.17, 15) is 0 Å². The van der Waals surface area contributed by atoms with Crippen LogP contribution in [0.1, 0.15) is 12.6 Å². The van der Waals surface area contributed by atoms with Gasteiger partial charge in [0.2, 0.25) is 0 Å². The van der Waals surface area contributed by atoms with Crippen molar-refractivity contribution in [2.24, 2.45) is 0 Å². The molecule has 2 heterocycles. The zero-order valence-corrected chi connectivity index (χ0v) is 24.0. The van der Waals surface area contributed by atoms with E-state index < -0.39 is 0 Å². The fourth-order valence-corrected chi connectivity index (χ4v) is 6.41. The van der Waals surface area contributed by atoms with E-state index in [4.69, 9.17) is 4.98 Å². The highest BCUT2D eigenvalue weighted by Crippen LogP contribution is 2.44. The molecule has 204 valence electrons. The third kappa shape index (κ3) is 4.49. The largest absolute Gasteiger partial charge is 0.384 e. The zero-order valence-electron chi connectivity index (χ0n) is 24.0. The lowest BCUT2D eigenvalue weighted by Gasteiger charge is -2.18. The highest BCUT2D eigenvalue weighted by Gasteiger charge is 2.17. The quantitative estimate of drug-likeness (QED) is 0.221. The summed E-state index contributed by atoms with van der Waals surface area (Å²) in [5, 5.41) is 10.9. The Balaban J connectivity index is 1.30. The van der Waals surface area contributed by atoms with E-state index in [2.05, 4.69) is 164 Å². The van der Waals surface area contributed by atoms with Crippen molar-refractivity contribution in [1.82, 2.24) is 10.3 Å². The molecule has 0 saturated carbocycles. The number of pyridine rings is 1. The molecule has 0 saturated heterocycles. The first-order valence-electron chi connectivity index (χ1n) is 14.9. The topological polar surface area (TPSA) is 24.9 Å². The maximum Gasteiger partial charge on any atom is 0.0723 e. The smallest absolute Gasteiger partial charge is 0.0723 e. The van der Waals surface area contributed by atoms with Crippen LogP contribution in [0.25, 0.3) is 71.4 Å². The minimum absolute atomic E-state index is 0.338. The van der Waals surface area contributed by atoms with Crippen LogP contribution in [0.3, 0.4) is 0 Å². The third-order valence-corrected chi connectivity index (χ3v) is 8.53. The van der Waals surface area contributed by atoms with Gasteiger partial charge in [0.05, 0.1) is 11.4 Å². The molecule has 2 nitrogen and oxygen atoms in total. The Hall–Kier alpha value is -5.47. The molecule has 1 aromatic heterocycles. The van der Waals surface area contributed by atoms with Gasteiger partial charge in [-0.05, 0) is 85.8 Å². The second kappa shape index (κ2) is 10.4. The SMILES string of the molecule is CC1C=CC(c2cccc(-c3ccc4ccc(-c5c6ccccc6c(-c6ccccc6)c6ccccc56)cc4c3)n2)=CN1. The number of nitrogens with zero attached hydrogens (tertiary/aromatic N) is 1. The highest BCUT2D eigenvalue weighted by atomic mass is 14.9. The first kappa shape index (κ1) is 25.3. The first-order chi connectivity index (χ1) is 21.2. The van der Waals surface area contributed by atoms with Crippen molar-refractivity contribution in [1.29, 1.82) is 0 Å². The number of hydrogen-bond acceptors (Lipinski definition) is 2. The van der Waals surface area contributed by atoms with Gasteiger partial charge in [0, 0.05) is 23.4 Å². The van der Waals surface area contributed by atoms with E-state index >= 15 is 0 Å². The standard InChI is InChI=1S/C41H30N2/c1-27-18-19-32(26-42-27)39-17-9-16-38(43-39)30-22-20-28-21-23-31(25-33(28)24-30)41-36-14-7-5-12-34(36)40(29-10-3-2-4-11-29)35-13-6-8-15-37(35)41/h2-27,42H,1H3. The van der Waals surface area contributed by atoms with Crippen molar-refractivity contribution in [3.8, 4) is 33.5 Å². The Morgan fingerprint density at radius 1 is 0.512 bits per heavy atom. The average Bonchev–Trinajstić information content (AvgIpc) is 3.07. The van der Waals surface area contributed by atoms with Gasteiger partial charge in [0.1, 0.15) is 0 Å². The molecule has 7 aromatic rings. The van der Waals surface area contributed by atoms with E-state index in [0.717, 1.165) is 22.5 Å². The molecule has 0 amide bonds. The molecule has 6 aromatic carbocycles. The summed E-state index contributed by atoms with van der Waals surface area (Å²) in [6.07, 6.45) is 6.37. The van der Waals surface area contributed by atoms with Crippen molar-refractivity contribution in [3.05, 3.63) is 158 Å². The van der Waals surface area contributed by atoms with Gasteiger partial charge >= 0.3 is 0 Å². The molecule has 1 aliphatic rings. The van der Waals surface area contributed by atoms with Crippen molar-refractivity contribution in [2.75, 3.05) is 0 Å². The van der Waals surface area contributed by atoms with Gasteiger partial charge in [-0.15, -0.1) is 0 Å². The van der Waals surface area contributed by atoms with Gasteiger partial charge in [-0.1, -0.05) is 121 Å². The molecule has 1 atom stereocenters. The Kier molecular flexibility index (Phi) is 6.12. The zero-order chi connectivity index (χ0) is 28.8. The second-order valence-electron chi connectivity index (χ2n) is 11.3. The normalized spacial score (nSPS) is 14.6. The van der Waals surface area contributed by atoms with Crippen LogP contribution in [0.4, 0.5) is 0 Å². The average molecular weight is 551 g/mol. The number of aromatic nitrogens is 1. The van der Waals surface area contributed by atoms with E-state index in [0.29, 0.717) is 6.04 Å². The molecule has 8 rings (SSSR count). The summed E-state index contributed by atoms with van der Waals surface area (Å²) in [5.74, 6) is 0. The molecule has 2 heteroatoms. The fourth-order valence-electron chi connectivity index (χ4n) is 6.41. The Labute approximate surface area is 251 Å². The van der Waals surface area contributed by atoms with Crippen LogP contribution < -0.4 is 5.32 Å². The summed E-state index contributed by atoms with van der Waals surface area (Å²) in [6.45, 7) is 2.14. The van der Waals surface area contributed by atoms with Crippen LogP contribution in [0, 0.1) is 0 Å². The van der Waals surface area contributed by atoms with Crippen molar-refractivity contribution < 1.29 is 0 Å². The van der Waals surface area contributed by atoms with E-state index in [1.54, 1.807) is 0 Å². The maximum absolute atomic E-state index is 5.04. The van der Waals surface area contributed by atoms with Crippen molar-refractivity contribution in [3.63, 3.8) is 0 Å². The minimum Gasteiger partial charge on any atom is -0.384 e. The van der Waals surface area contributed by atoms with Crippen molar-refractivity contribution >= 4 is 37.9 Å². The molecule has 1 N–H and O–H groups in total. The molecule has 1 aliphatic heterocycles. The number of rotatable bonds is 4. The number of hydrogen-bond donors (Lipinski definition) is 1. The molecular formula is C41H30N2. The Bertz CT molecular complexity index is 2170. The first-order valence-corrected chi connectivity index (χ1v) is 14.9. The Morgan fingerprint density at radius 2 is 1.09 bits per heavy atom. The monoisotopic (exact) mass is 550 g/mol. The van der Waals surface area contributed by atoms with E-state index in [1.807, 2.05) is 0 Å². The fraction of sp³-hybridized carbons (Fsp3) is 0.0488. The van der Waals surface area contributed by atoms with E-state index in [1.165, 1.54) is 54.6 Å². The van der Waals surface area contributed by atoms with Crippen LogP contribution >= 0.6 is 0 Å². The summed E-state index contributed by atoms with van der Waals surface area (Å²) in [7, 11) is 0. The highest BCUT2D eigenvalue weighted by molar-refractivity contribution is 6.21. The molecule has 0 spiro atoms. The maximum atomic E-state index is 5.04. The van der Waals surface area contributed by atoms with Gasteiger partial charge in [0.15, 0.2) is 0 Å². The van der Waals surface area contributed by atoms with Crippen LogP contribution in [0.5, 0.6) is 0 Å². The number of benzene rings is 6. The van der Waals surface area contributed by atoms with E-state index in [-0.39, 0.29) is 0 Å². The summed E-state index contributed by atoms with van der Waals surface area (Å²) in [5.41, 5.74) is 9.18. The predicted molar refractivity (Wildman–Crippen MR) is 183 cm³/mol. The molecular weight excluding hydrogens is 520 g/mol. The van der Waals surface area contributed by atoms with Crippen molar-refractivity contribution in [2.45, 2.75) is 13.0 Å². The van der Waals surface area contributed by atoms with Gasteiger partial charge in [-0.3, -0.25) is 0 Å². The van der Waals surface area contributed by atoms with Gasteiger partial charge in [-0.25, -0.2) is 4.98 Å². The molecule has 43 heavy (non-hydrogen) atoms. The Morgan fingerprint density at radius 3 is 1.74 bits per heavy atom. The number of fused-ring (bicyclic) bond motifs is 3. The minimum atomic E-state index is 0.338. The molecule has 1 unspecified atom stereocenters. The van der Waals surface area contributed by atoms with Gasteiger partial charge in [0.25, 0.3) is 0 Å². The lowest BCUT2D eigenvalue weighted by molar-refractivity contribution is 0.763. The number of dihydropyridines is 1. The van der Waals surface area contributed by atoms with Crippen LogP contribution in [0.2, 0.25) is 0 Å². The lowest BCUT2D eigenvalue weighted by atomic mass is 9.85. The summed E-state index contributed by atoms with van der Waals surface area (Å²) in [4.78, 5) is 5.04. The molecule has 0 aliphatic carbocycles. The van der Waals surface area contributed by atoms with Gasteiger partial charge in [-0.2, -0.15) is 0 Å². The third-order valence-electron chi connectivity index (χ3n) is 8.53. The van der Waals surface area contributed by atoms with Crippen LogP contribution in [-0.4, -0.2) is 11.0 Å². The van der Waals surface area contributed by atoms with Crippen LogP contribution in [-0.2, 0) is 0 Å². The summed E-state index contributed by atoms with van der Waals surface area (Å²) in [6, 6.07) is 48.6. The lowest BCUT2D eigenvalue weighted by Crippen LogP contribution is -2.20. The van der Waals surface area contributed by atoms with Crippen LogP contribution in [0.15, 0.2) is 152 Å². The molecule has 0 radical (unpaired) electrons. The molecule has 0 fully saturated rings.